The molecule has 6 heteroatoms. The minimum Gasteiger partial charge on any atom is -0.253 e. The molecule has 0 bridgehead atoms. The maximum atomic E-state index is 13.9. The number of benzene rings is 1. The van der Waals surface area contributed by atoms with E-state index in [-0.39, 0.29) is 5.82 Å². The molecule has 0 saturated carbocycles. The summed E-state index contributed by atoms with van der Waals surface area (Å²) in [6, 6.07) is 11.9. The molecule has 0 fully saturated rings. The van der Waals surface area contributed by atoms with Gasteiger partial charge in [-0.3, -0.25) is 4.98 Å². The van der Waals surface area contributed by atoms with Crippen molar-refractivity contribution in [3.8, 4) is 22.9 Å². The molecule has 0 aliphatic rings. The lowest BCUT2D eigenvalue weighted by Gasteiger charge is -2.06. The smallest absolute Gasteiger partial charge is 0.191 e. The monoisotopic (exact) mass is 298 g/mol. The Morgan fingerprint density at radius 1 is 0.905 bits per heavy atom. The molecule has 0 atom stereocenters. The van der Waals surface area contributed by atoms with Crippen molar-refractivity contribution in [1.29, 1.82) is 0 Å². The first-order chi connectivity index (χ1) is 10.3. The van der Waals surface area contributed by atoms with Gasteiger partial charge in [-0.05, 0) is 30.5 Å². The Labute approximate surface area is 125 Å². The van der Waals surface area contributed by atoms with Crippen LogP contribution < -0.4 is 0 Å². The number of aromatic nitrogens is 4. The molecule has 0 radical (unpaired) electrons. The van der Waals surface area contributed by atoms with Crippen LogP contribution in [0.15, 0.2) is 53.8 Å². The summed E-state index contributed by atoms with van der Waals surface area (Å²) in [5.74, 6) is 0.393. The molecule has 0 spiro atoms. The summed E-state index contributed by atoms with van der Waals surface area (Å²) in [5.41, 5.74) is 0.986. The van der Waals surface area contributed by atoms with Crippen molar-refractivity contribution in [3.63, 3.8) is 0 Å². The van der Waals surface area contributed by atoms with Crippen molar-refractivity contribution in [2.45, 2.75) is 5.16 Å². The van der Waals surface area contributed by atoms with Crippen molar-refractivity contribution in [2.75, 3.05) is 6.26 Å². The molecule has 104 valence electrons. The average Bonchev–Trinajstić information content (AvgIpc) is 2.55. The second kappa shape index (κ2) is 5.97. The molecule has 3 aromatic rings. The number of hydrogen-bond donors (Lipinski definition) is 0. The fraction of sp³-hybridized carbons (Fsp3) is 0.0667. The van der Waals surface area contributed by atoms with Crippen LogP contribution in [-0.2, 0) is 0 Å². The molecule has 4 nitrogen and oxygen atoms in total. The van der Waals surface area contributed by atoms with Gasteiger partial charge in [0.1, 0.15) is 11.5 Å². The average molecular weight is 298 g/mol. The van der Waals surface area contributed by atoms with Crippen LogP contribution in [0.4, 0.5) is 4.39 Å². The van der Waals surface area contributed by atoms with Crippen LogP contribution in [0.5, 0.6) is 0 Å². The van der Waals surface area contributed by atoms with Crippen molar-refractivity contribution < 1.29 is 4.39 Å². The van der Waals surface area contributed by atoms with Gasteiger partial charge in [-0.2, -0.15) is 0 Å². The lowest BCUT2D eigenvalue weighted by molar-refractivity contribution is 0.629. The fourth-order valence-electron chi connectivity index (χ4n) is 1.82. The lowest BCUT2D eigenvalue weighted by Crippen LogP contribution is -2.00. The van der Waals surface area contributed by atoms with Gasteiger partial charge in [-0.15, -0.1) is 0 Å². The van der Waals surface area contributed by atoms with Crippen LogP contribution in [0.3, 0.4) is 0 Å². The standard InChI is InChI=1S/C15H11FN4S/c1-21-15-19-13(10-6-2-3-7-11(10)16)18-14(20-15)12-8-4-5-9-17-12/h2-9H,1H3. The molecular formula is C15H11FN4S. The predicted octanol–water partition coefficient (Wildman–Crippen LogP) is 3.46. The summed E-state index contributed by atoms with van der Waals surface area (Å²) < 4.78 is 13.9. The van der Waals surface area contributed by atoms with Gasteiger partial charge in [0, 0.05) is 6.20 Å². The van der Waals surface area contributed by atoms with Gasteiger partial charge in [0.15, 0.2) is 16.8 Å². The minimum atomic E-state index is -0.359. The molecule has 0 unspecified atom stereocenters. The largest absolute Gasteiger partial charge is 0.253 e. The summed E-state index contributed by atoms with van der Waals surface area (Å²) in [6.45, 7) is 0. The zero-order valence-corrected chi connectivity index (χ0v) is 12.0. The van der Waals surface area contributed by atoms with Crippen molar-refractivity contribution in [3.05, 3.63) is 54.5 Å². The Kier molecular flexibility index (Phi) is 3.87. The highest BCUT2D eigenvalue weighted by Crippen LogP contribution is 2.23. The molecule has 2 aromatic heterocycles. The van der Waals surface area contributed by atoms with Crippen LogP contribution in [-0.4, -0.2) is 26.2 Å². The van der Waals surface area contributed by atoms with Crippen molar-refractivity contribution in [1.82, 2.24) is 19.9 Å². The minimum absolute atomic E-state index is 0.313. The zero-order valence-electron chi connectivity index (χ0n) is 11.2. The summed E-state index contributed by atoms with van der Waals surface area (Å²) in [6.07, 6.45) is 3.53. The number of nitrogens with zero attached hydrogens (tertiary/aromatic N) is 4. The molecular weight excluding hydrogens is 287 g/mol. The Balaban J connectivity index is 2.17. The number of halogens is 1. The molecule has 2 heterocycles. The van der Waals surface area contributed by atoms with E-state index in [4.69, 9.17) is 0 Å². The van der Waals surface area contributed by atoms with E-state index in [1.54, 1.807) is 24.4 Å². The highest BCUT2D eigenvalue weighted by molar-refractivity contribution is 7.98. The van der Waals surface area contributed by atoms with E-state index in [9.17, 15) is 4.39 Å². The number of thioether (sulfide) groups is 1. The van der Waals surface area contributed by atoms with E-state index >= 15 is 0 Å². The zero-order chi connectivity index (χ0) is 14.7. The molecule has 21 heavy (non-hydrogen) atoms. The SMILES string of the molecule is CSc1nc(-c2ccccn2)nc(-c2ccccc2F)n1. The fourth-order valence-corrected chi connectivity index (χ4v) is 2.18. The van der Waals surface area contributed by atoms with Gasteiger partial charge in [-0.1, -0.05) is 30.0 Å². The van der Waals surface area contributed by atoms with E-state index in [0.29, 0.717) is 28.1 Å². The van der Waals surface area contributed by atoms with Gasteiger partial charge in [0.25, 0.3) is 0 Å². The molecule has 0 amide bonds. The van der Waals surface area contributed by atoms with E-state index in [1.807, 2.05) is 24.5 Å². The number of rotatable bonds is 3. The second-order valence-corrected chi connectivity index (χ2v) is 4.94. The van der Waals surface area contributed by atoms with E-state index in [2.05, 4.69) is 19.9 Å². The third kappa shape index (κ3) is 2.90. The van der Waals surface area contributed by atoms with Crippen molar-refractivity contribution >= 4 is 11.8 Å². The van der Waals surface area contributed by atoms with Gasteiger partial charge in [-0.25, -0.2) is 19.3 Å². The first-order valence-corrected chi connectivity index (χ1v) is 7.47. The Morgan fingerprint density at radius 3 is 2.38 bits per heavy atom. The summed E-state index contributed by atoms with van der Waals surface area (Å²) in [7, 11) is 0. The lowest BCUT2D eigenvalue weighted by atomic mass is 10.2. The van der Waals surface area contributed by atoms with Gasteiger partial charge in [0.2, 0.25) is 0 Å². The molecule has 0 saturated heterocycles. The third-order valence-corrected chi connectivity index (χ3v) is 3.35. The Bertz CT molecular complexity index is 765. The number of pyridine rings is 1. The van der Waals surface area contributed by atoms with Crippen LogP contribution in [0.25, 0.3) is 22.9 Å². The van der Waals surface area contributed by atoms with Crippen LogP contribution >= 0.6 is 11.8 Å². The summed E-state index contributed by atoms with van der Waals surface area (Å²) >= 11 is 1.38. The van der Waals surface area contributed by atoms with Gasteiger partial charge >= 0.3 is 0 Å². The van der Waals surface area contributed by atoms with E-state index in [0.717, 1.165) is 0 Å². The molecule has 0 aliphatic carbocycles. The number of hydrogen-bond acceptors (Lipinski definition) is 5. The predicted molar refractivity (Wildman–Crippen MR) is 80.2 cm³/mol. The van der Waals surface area contributed by atoms with E-state index < -0.39 is 0 Å². The Morgan fingerprint density at radius 2 is 1.67 bits per heavy atom. The maximum absolute atomic E-state index is 13.9. The topological polar surface area (TPSA) is 51.6 Å². The highest BCUT2D eigenvalue weighted by atomic mass is 32.2. The second-order valence-electron chi connectivity index (χ2n) is 4.16. The summed E-state index contributed by atoms with van der Waals surface area (Å²) in [4.78, 5) is 17.2. The quantitative estimate of drug-likeness (QED) is 0.693. The Hall–Kier alpha value is -2.34. The summed E-state index contributed by atoms with van der Waals surface area (Å²) in [5, 5.41) is 0.531. The molecule has 1 aromatic carbocycles. The normalized spacial score (nSPS) is 10.6. The maximum Gasteiger partial charge on any atom is 0.191 e. The first kappa shape index (κ1) is 13.6. The van der Waals surface area contributed by atoms with Crippen LogP contribution in [0.2, 0.25) is 0 Å². The van der Waals surface area contributed by atoms with Gasteiger partial charge in [0.05, 0.1) is 5.56 Å². The highest BCUT2D eigenvalue weighted by Gasteiger charge is 2.13. The molecule has 3 rings (SSSR count). The first-order valence-electron chi connectivity index (χ1n) is 6.24. The third-order valence-electron chi connectivity index (χ3n) is 2.81. The van der Waals surface area contributed by atoms with Crippen molar-refractivity contribution in [2.24, 2.45) is 0 Å². The van der Waals surface area contributed by atoms with Gasteiger partial charge < -0.3 is 0 Å². The molecule has 0 aliphatic heterocycles. The van der Waals surface area contributed by atoms with Crippen LogP contribution in [0.1, 0.15) is 0 Å². The molecule has 0 N–H and O–H groups in total. The van der Waals surface area contributed by atoms with Crippen LogP contribution in [0, 0.1) is 5.82 Å². The van der Waals surface area contributed by atoms with E-state index in [1.165, 1.54) is 17.8 Å².